The van der Waals surface area contributed by atoms with E-state index < -0.39 is 6.04 Å². The van der Waals surface area contributed by atoms with Gasteiger partial charge in [-0.05, 0) is 49.1 Å². The van der Waals surface area contributed by atoms with E-state index in [9.17, 15) is 9.59 Å². The van der Waals surface area contributed by atoms with Crippen LogP contribution >= 0.6 is 15.9 Å². The summed E-state index contributed by atoms with van der Waals surface area (Å²) in [7, 11) is 0. The van der Waals surface area contributed by atoms with Crippen LogP contribution in [-0.4, -0.2) is 42.5 Å². The molecule has 5 nitrogen and oxygen atoms in total. The molecule has 2 aromatic carbocycles. The minimum absolute atomic E-state index is 0.113. The number of amides is 2. The van der Waals surface area contributed by atoms with Crippen molar-refractivity contribution in [2.45, 2.75) is 33.2 Å². The van der Waals surface area contributed by atoms with E-state index in [4.69, 9.17) is 4.74 Å². The second-order valence-electron chi connectivity index (χ2n) is 7.38. The quantitative estimate of drug-likeness (QED) is 0.581. The first kappa shape index (κ1) is 22.9. The van der Waals surface area contributed by atoms with Gasteiger partial charge in [0.05, 0.1) is 0 Å². The first-order valence-corrected chi connectivity index (χ1v) is 10.7. The number of carbonyl (C=O) groups excluding carboxylic acids is 2. The number of benzene rings is 2. The third-order valence-electron chi connectivity index (χ3n) is 4.51. The normalized spacial score (nSPS) is 11.8. The Morgan fingerprint density at radius 1 is 1.03 bits per heavy atom. The zero-order chi connectivity index (χ0) is 21.2. The van der Waals surface area contributed by atoms with E-state index in [1.54, 1.807) is 24.0 Å². The molecular weight excluding hydrogens is 432 g/mol. The van der Waals surface area contributed by atoms with Crippen LogP contribution in [-0.2, 0) is 16.0 Å². The number of rotatable bonds is 10. The van der Waals surface area contributed by atoms with Gasteiger partial charge in [-0.2, -0.15) is 0 Å². The summed E-state index contributed by atoms with van der Waals surface area (Å²) >= 11 is 3.38. The first-order chi connectivity index (χ1) is 13.9. The van der Waals surface area contributed by atoms with E-state index in [2.05, 4.69) is 21.2 Å². The van der Waals surface area contributed by atoms with Crippen LogP contribution in [0.3, 0.4) is 0 Å². The molecule has 0 heterocycles. The molecule has 0 radical (unpaired) electrons. The number of hydrogen-bond acceptors (Lipinski definition) is 3. The van der Waals surface area contributed by atoms with E-state index in [0.717, 1.165) is 10.0 Å². The largest absolute Gasteiger partial charge is 0.484 e. The highest BCUT2D eigenvalue weighted by Gasteiger charge is 2.26. The second kappa shape index (κ2) is 11.6. The van der Waals surface area contributed by atoms with Gasteiger partial charge < -0.3 is 15.0 Å². The van der Waals surface area contributed by atoms with Crippen LogP contribution in [0.1, 0.15) is 26.3 Å². The van der Waals surface area contributed by atoms with Gasteiger partial charge >= 0.3 is 0 Å². The molecule has 0 aromatic heterocycles. The highest BCUT2D eigenvalue weighted by molar-refractivity contribution is 9.10. The summed E-state index contributed by atoms with van der Waals surface area (Å²) in [6.45, 7) is 6.75. The van der Waals surface area contributed by atoms with Crippen LogP contribution in [0.5, 0.6) is 5.75 Å². The summed E-state index contributed by atoms with van der Waals surface area (Å²) in [6, 6.07) is 16.7. The van der Waals surface area contributed by atoms with Crippen molar-refractivity contribution in [3.63, 3.8) is 0 Å². The Morgan fingerprint density at radius 3 is 2.31 bits per heavy atom. The standard InChI is InChI=1S/C23H29BrN2O3/c1-17(2)15-25-23(28)18(3)26(14-13-19-7-5-4-6-8-19)22(27)16-29-21-11-9-20(24)10-12-21/h4-12,17-18H,13-16H2,1-3H3,(H,25,28)/t18-/m0/s1. The van der Waals surface area contributed by atoms with Crippen molar-refractivity contribution in [3.05, 3.63) is 64.6 Å². The minimum Gasteiger partial charge on any atom is -0.484 e. The van der Waals surface area contributed by atoms with Gasteiger partial charge in [-0.25, -0.2) is 0 Å². The molecular formula is C23H29BrN2O3. The van der Waals surface area contributed by atoms with Crippen LogP contribution < -0.4 is 10.1 Å². The monoisotopic (exact) mass is 460 g/mol. The molecule has 29 heavy (non-hydrogen) atoms. The summed E-state index contributed by atoms with van der Waals surface area (Å²) in [4.78, 5) is 27.1. The second-order valence-corrected chi connectivity index (χ2v) is 8.30. The van der Waals surface area contributed by atoms with E-state index >= 15 is 0 Å². The lowest BCUT2D eigenvalue weighted by Crippen LogP contribution is -2.50. The Hall–Kier alpha value is -2.34. The minimum atomic E-state index is -0.571. The van der Waals surface area contributed by atoms with Gasteiger partial charge in [0, 0.05) is 17.6 Å². The maximum absolute atomic E-state index is 12.9. The Balaban J connectivity index is 2.03. The average molecular weight is 461 g/mol. The zero-order valence-electron chi connectivity index (χ0n) is 17.2. The molecule has 0 fully saturated rings. The topological polar surface area (TPSA) is 58.6 Å². The van der Waals surface area contributed by atoms with E-state index in [1.165, 1.54) is 0 Å². The molecule has 0 saturated carbocycles. The lowest BCUT2D eigenvalue weighted by atomic mass is 10.1. The Morgan fingerprint density at radius 2 is 1.69 bits per heavy atom. The molecule has 0 aliphatic carbocycles. The molecule has 1 atom stereocenters. The molecule has 0 bridgehead atoms. The third-order valence-corrected chi connectivity index (χ3v) is 5.04. The van der Waals surface area contributed by atoms with Crippen LogP contribution in [0.25, 0.3) is 0 Å². The van der Waals surface area contributed by atoms with Gasteiger partial charge in [-0.1, -0.05) is 60.1 Å². The molecule has 1 N–H and O–H groups in total. The average Bonchev–Trinajstić information content (AvgIpc) is 2.72. The van der Waals surface area contributed by atoms with Gasteiger partial charge in [0.1, 0.15) is 11.8 Å². The van der Waals surface area contributed by atoms with Crippen LogP contribution in [0.2, 0.25) is 0 Å². The molecule has 0 spiro atoms. The number of halogens is 1. The SMILES string of the molecule is CC(C)CNC(=O)[C@H](C)N(CCc1ccccc1)C(=O)COc1ccc(Br)cc1. The van der Waals surface area contributed by atoms with E-state index in [0.29, 0.717) is 31.2 Å². The third kappa shape index (κ3) is 7.89. The van der Waals surface area contributed by atoms with Crippen LogP contribution in [0, 0.1) is 5.92 Å². The van der Waals surface area contributed by atoms with Crippen LogP contribution in [0.15, 0.2) is 59.1 Å². The van der Waals surface area contributed by atoms with Crippen molar-refractivity contribution in [3.8, 4) is 5.75 Å². The van der Waals surface area contributed by atoms with Crippen molar-refractivity contribution < 1.29 is 14.3 Å². The molecule has 2 rings (SSSR count). The zero-order valence-corrected chi connectivity index (χ0v) is 18.8. The molecule has 0 unspecified atom stereocenters. The molecule has 2 amide bonds. The lowest BCUT2D eigenvalue weighted by Gasteiger charge is -2.29. The van der Waals surface area contributed by atoms with E-state index in [1.807, 2.05) is 56.3 Å². The highest BCUT2D eigenvalue weighted by atomic mass is 79.9. The summed E-state index contributed by atoms with van der Waals surface area (Å²) in [5.74, 6) is 0.599. The fourth-order valence-corrected chi connectivity index (χ4v) is 3.05. The van der Waals surface area contributed by atoms with Crippen molar-refractivity contribution >= 4 is 27.7 Å². The van der Waals surface area contributed by atoms with Crippen molar-refractivity contribution in [1.82, 2.24) is 10.2 Å². The number of ether oxygens (including phenoxy) is 1. The van der Waals surface area contributed by atoms with Gasteiger partial charge in [0.2, 0.25) is 5.91 Å². The maximum atomic E-state index is 12.9. The number of hydrogen-bond donors (Lipinski definition) is 1. The number of carbonyl (C=O) groups is 2. The van der Waals surface area contributed by atoms with Gasteiger partial charge in [0.15, 0.2) is 6.61 Å². The summed E-state index contributed by atoms with van der Waals surface area (Å²) in [5.41, 5.74) is 1.12. The number of nitrogens with one attached hydrogen (secondary N) is 1. The Kier molecular flexibility index (Phi) is 9.19. The lowest BCUT2D eigenvalue weighted by molar-refractivity contribution is -0.141. The molecule has 6 heteroatoms. The fourth-order valence-electron chi connectivity index (χ4n) is 2.78. The smallest absolute Gasteiger partial charge is 0.261 e. The fraction of sp³-hybridized carbons (Fsp3) is 0.391. The predicted octanol–water partition coefficient (Wildman–Crippen LogP) is 4.06. The van der Waals surface area contributed by atoms with Crippen molar-refractivity contribution in [1.29, 1.82) is 0 Å². The Bertz CT molecular complexity index is 778. The summed E-state index contributed by atoms with van der Waals surface area (Å²) in [6.07, 6.45) is 0.673. The predicted molar refractivity (Wildman–Crippen MR) is 119 cm³/mol. The van der Waals surface area contributed by atoms with Gasteiger partial charge in [-0.3, -0.25) is 9.59 Å². The molecule has 2 aromatic rings. The van der Waals surface area contributed by atoms with E-state index in [-0.39, 0.29) is 18.4 Å². The summed E-state index contributed by atoms with van der Waals surface area (Å²) < 4.78 is 6.58. The summed E-state index contributed by atoms with van der Waals surface area (Å²) in [5, 5.41) is 2.92. The van der Waals surface area contributed by atoms with Crippen LogP contribution in [0.4, 0.5) is 0 Å². The highest BCUT2D eigenvalue weighted by Crippen LogP contribution is 2.16. The molecule has 156 valence electrons. The molecule has 0 saturated heterocycles. The van der Waals surface area contributed by atoms with Crippen molar-refractivity contribution in [2.75, 3.05) is 19.7 Å². The first-order valence-electron chi connectivity index (χ1n) is 9.86. The van der Waals surface area contributed by atoms with Gasteiger partial charge in [-0.15, -0.1) is 0 Å². The molecule has 0 aliphatic heterocycles. The van der Waals surface area contributed by atoms with Gasteiger partial charge in [0.25, 0.3) is 5.91 Å². The Labute approximate surface area is 181 Å². The number of nitrogens with zero attached hydrogens (tertiary/aromatic N) is 1. The van der Waals surface area contributed by atoms with Crippen molar-refractivity contribution in [2.24, 2.45) is 5.92 Å². The molecule has 0 aliphatic rings. The maximum Gasteiger partial charge on any atom is 0.261 e.